The van der Waals surface area contributed by atoms with E-state index in [9.17, 15) is 4.79 Å². The molecule has 0 bridgehead atoms. The van der Waals surface area contributed by atoms with E-state index in [1.807, 2.05) is 11.1 Å². The first kappa shape index (κ1) is 8.59. The Bertz CT molecular complexity index is 253. The molecule has 0 aromatic rings. The van der Waals surface area contributed by atoms with Crippen LogP contribution >= 0.6 is 0 Å². The second kappa shape index (κ2) is 3.76. The van der Waals surface area contributed by atoms with Gasteiger partial charge in [0.25, 0.3) is 0 Å². The molecule has 0 aromatic carbocycles. The van der Waals surface area contributed by atoms with Gasteiger partial charge in [-0.15, -0.1) is 6.58 Å². The van der Waals surface area contributed by atoms with E-state index >= 15 is 0 Å². The van der Waals surface area contributed by atoms with E-state index in [1.165, 1.54) is 0 Å². The summed E-state index contributed by atoms with van der Waals surface area (Å²) in [5.41, 5.74) is 0.416. The van der Waals surface area contributed by atoms with Gasteiger partial charge in [-0.25, -0.2) is 4.79 Å². The first-order chi connectivity index (χ1) is 5.74. The topological polar surface area (TPSA) is 40.5 Å². The van der Waals surface area contributed by atoms with Crippen LogP contribution in [0.15, 0.2) is 36.6 Å². The predicted molar refractivity (Wildman–Crippen MR) is 46.6 cm³/mol. The fourth-order valence-electron chi connectivity index (χ4n) is 1.04. The zero-order chi connectivity index (χ0) is 8.97. The van der Waals surface area contributed by atoms with Crippen LogP contribution in [0.5, 0.6) is 0 Å². The third-order valence-corrected chi connectivity index (χ3v) is 1.61. The van der Waals surface area contributed by atoms with E-state index in [0.717, 1.165) is 0 Å². The molecule has 0 amide bonds. The van der Waals surface area contributed by atoms with Crippen molar-refractivity contribution in [3.63, 3.8) is 0 Å². The third-order valence-electron chi connectivity index (χ3n) is 1.61. The first-order valence-electron chi connectivity index (χ1n) is 3.69. The van der Waals surface area contributed by atoms with Gasteiger partial charge in [0.15, 0.2) is 0 Å². The number of aliphatic carboxylic acids is 1. The summed E-state index contributed by atoms with van der Waals surface area (Å²) in [5.74, 6) is -0.853. The molecule has 0 saturated carbocycles. The van der Waals surface area contributed by atoms with Gasteiger partial charge in [0.2, 0.25) is 0 Å². The summed E-state index contributed by atoms with van der Waals surface area (Å²) in [5, 5.41) is 8.67. The molecular formula is C9H11NO2. The molecule has 0 fully saturated rings. The van der Waals surface area contributed by atoms with Crippen LogP contribution in [0.25, 0.3) is 0 Å². The lowest BCUT2D eigenvalue weighted by molar-refractivity contribution is -0.132. The fraction of sp³-hybridized carbons (Fsp3) is 0.222. The molecule has 64 valence electrons. The van der Waals surface area contributed by atoms with Gasteiger partial charge in [-0.3, -0.25) is 0 Å². The molecule has 0 aromatic heterocycles. The molecule has 0 unspecified atom stereocenters. The Morgan fingerprint density at radius 2 is 2.58 bits per heavy atom. The maximum absolute atomic E-state index is 10.5. The number of rotatable bonds is 3. The highest BCUT2D eigenvalue weighted by atomic mass is 16.4. The number of nitrogens with zero attached hydrogens (tertiary/aromatic N) is 1. The minimum absolute atomic E-state index is 0.416. The van der Waals surface area contributed by atoms with Crippen LogP contribution in [0.3, 0.4) is 0 Å². The van der Waals surface area contributed by atoms with Crippen LogP contribution in [0.2, 0.25) is 0 Å². The first-order valence-corrected chi connectivity index (χ1v) is 3.69. The van der Waals surface area contributed by atoms with E-state index in [1.54, 1.807) is 18.2 Å². The van der Waals surface area contributed by atoms with Crippen molar-refractivity contribution in [2.75, 3.05) is 13.1 Å². The van der Waals surface area contributed by atoms with Crippen molar-refractivity contribution in [2.45, 2.75) is 0 Å². The van der Waals surface area contributed by atoms with E-state index in [4.69, 9.17) is 5.11 Å². The minimum atomic E-state index is -0.853. The van der Waals surface area contributed by atoms with Crippen LogP contribution in [0.1, 0.15) is 0 Å². The maximum atomic E-state index is 10.5. The number of hydrogen-bond acceptors (Lipinski definition) is 2. The Labute approximate surface area is 71.3 Å². The van der Waals surface area contributed by atoms with E-state index in [0.29, 0.717) is 18.7 Å². The molecule has 0 aliphatic carbocycles. The van der Waals surface area contributed by atoms with Crippen LogP contribution in [-0.4, -0.2) is 29.1 Å². The van der Waals surface area contributed by atoms with Gasteiger partial charge >= 0.3 is 5.97 Å². The quantitative estimate of drug-likeness (QED) is 0.634. The second-order valence-corrected chi connectivity index (χ2v) is 2.56. The summed E-state index contributed by atoms with van der Waals surface area (Å²) >= 11 is 0. The van der Waals surface area contributed by atoms with Gasteiger partial charge in [-0.2, -0.15) is 0 Å². The fourth-order valence-corrected chi connectivity index (χ4v) is 1.04. The summed E-state index contributed by atoms with van der Waals surface area (Å²) < 4.78 is 0. The number of carboxylic acids is 1. The highest BCUT2D eigenvalue weighted by Gasteiger charge is 2.11. The smallest absolute Gasteiger partial charge is 0.333 e. The lowest BCUT2D eigenvalue weighted by Crippen LogP contribution is -2.25. The molecule has 0 atom stereocenters. The number of allylic oxidation sites excluding steroid dienone is 2. The van der Waals surface area contributed by atoms with Crippen molar-refractivity contribution in [1.29, 1.82) is 0 Å². The highest BCUT2D eigenvalue weighted by molar-refractivity contribution is 5.87. The van der Waals surface area contributed by atoms with Gasteiger partial charge in [0.05, 0.1) is 5.57 Å². The minimum Gasteiger partial charge on any atom is -0.478 e. The molecule has 12 heavy (non-hydrogen) atoms. The average Bonchev–Trinajstić information content (AvgIpc) is 2.05. The summed E-state index contributed by atoms with van der Waals surface area (Å²) in [6, 6.07) is 0. The van der Waals surface area contributed by atoms with Crippen molar-refractivity contribution in [1.82, 2.24) is 4.90 Å². The summed E-state index contributed by atoms with van der Waals surface area (Å²) in [4.78, 5) is 12.4. The molecule has 0 radical (unpaired) electrons. The van der Waals surface area contributed by atoms with Gasteiger partial charge < -0.3 is 10.0 Å². The van der Waals surface area contributed by atoms with Crippen molar-refractivity contribution < 1.29 is 9.90 Å². The number of carboxylic acid groups (broad SMARTS) is 1. The maximum Gasteiger partial charge on any atom is 0.333 e. The molecular weight excluding hydrogens is 154 g/mol. The Balaban J connectivity index is 2.60. The van der Waals surface area contributed by atoms with Crippen LogP contribution < -0.4 is 0 Å². The summed E-state index contributed by atoms with van der Waals surface area (Å²) in [6.45, 7) is 4.72. The van der Waals surface area contributed by atoms with E-state index in [2.05, 4.69) is 6.58 Å². The molecule has 1 heterocycles. The van der Waals surface area contributed by atoms with Gasteiger partial charge in [-0.1, -0.05) is 6.08 Å². The zero-order valence-electron chi connectivity index (χ0n) is 6.73. The molecule has 1 aliphatic heterocycles. The van der Waals surface area contributed by atoms with Gasteiger partial charge in [-0.05, 0) is 18.4 Å². The van der Waals surface area contributed by atoms with Crippen molar-refractivity contribution >= 4 is 5.97 Å². The van der Waals surface area contributed by atoms with Gasteiger partial charge in [0.1, 0.15) is 0 Å². The Morgan fingerprint density at radius 1 is 1.83 bits per heavy atom. The van der Waals surface area contributed by atoms with E-state index < -0.39 is 5.97 Å². The molecule has 0 saturated heterocycles. The molecule has 1 aliphatic rings. The normalized spacial score (nSPS) is 15.7. The molecule has 1 N–H and O–H groups in total. The lowest BCUT2D eigenvalue weighted by atomic mass is 10.2. The van der Waals surface area contributed by atoms with Crippen molar-refractivity contribution in [2.24, 2.45) is 0 Å². The second-order valence-electron chi connectivity index (χ2n) is 2.56. The zero-order valence-corrected chi connectivity index (χ0v) is 6.73. The molecule has 0 spiro atoms. The van der Waals surface area contributed by atoms with Crippen LogP contribution in [0.4, 0.5) is 0 Å². The third kappa shape index (κ3) is 1.99. The standard InChI is InChI=1S/C9H11NO2/c1-2-5-10-6-3-4-8(7-10)9(11)12/h2-4,6H,1,5,7H2,(H,11,12). The SMILES string of the molecule is C=CCN1C=CC=C(C(=O)O)C1. The van der Waals surface area contributed by atoms with Crippen molar-refractivity contribution in [3.05, 3.63) is 36.6 Å². The molecule has 3 nitrogen and oxygen atoms in total. The Morgan fingerprint density at radius 3 is 3.17 bits per heavy atom. The molecule has 1 rings (SSSR count). The average molecular weight is 165 g/mol. The van der Waals surface area contributed by atoms with E-state index in [-0.39, 0.29) is 0 Å². The molecule has 3 heteroatoms. The van der Waals surface area contributed by atoms with Gasteiger partial charge in [0, 0.05) is 13.1 Å². The Kier molecular flexibility index (Phi) is 2.69. The monoisotopic (exact) mass is 165 g/mol. The predicted octanol–water partition coefficient (Wildman–Crippen LogP) is 1.01. The Hall–Kier alpha value is -1.51. The number of carbonyl (C=O) groups is 1. The largest absolute Gasteiger partial charge is 0.478 e. The summed E-state index contributed by atoms with van der Waals surface area (Å²) in [6.07, 6.45) is 6.95. The highest BCUT2D eigenvalue weighted by Crippen LogP contribution is 2.06. The lowest BCUT2D eigenvalue weighted by Gasteiger charge is -2.20. The summed E-state index contributed by atoms with van der Waals surface area (Å²) in [7, 11) is 0. The van der Waals surface area contributed by atoms with Crippen molar-refractivity contribution in [3.8, 4) is 0 Å². The van der Waals surface area contributed by atoms with Crippen LogP contribution in [-0.2, 0) is 4.79 Å². The number of hydrogen-bond donors (Lipinski definition) is 1. The van der Waals surface area contributed by atoms with Crippen LogP contribution in [0, 0.1) is 0 Å².